The maximum absolute atomic E-state index is 13.3. The minimum Gasteiger partial charge on any atom is -0.298 e. The number of rotatable bonds is 3. The van der Waals surface area contributed by atoms with Crippen LogP contribution in [0, 0.1) is 17.5 Å². The van der Waals surface area contributed by atoms with Crippen LogP contribution in [0.5, 0.6) is 0 Å². The summed E-state index contributed by atoms with van der Waals surface area (Å²) in [5.41, 5.74) is 0.907. The van der Waals surface area contributed by atoms with Crippen molar-refractivity contribution in [2.24, 2.45) is 0 Å². The van der Waals surface area contributed by atoms with Gasteiger partial charge in [0.25, 0.3) is 5.91 Å². The third-order valence-electron chi connectivity index (χ3n) is 3.11. The Morgan fingerprint density at radius 1 is 1.08 bits per heavy atom. The van der Waals surface area contributed by atoms with Crippen LogP contribution in [0.2, 0.25) is 0 Å². The molecule has 0 radical (unpaired) electrons. The number of hydrogen-bond donors (Lipinski definition) is 1. The van der Waals surface area contributed by atoms with Gasteiger partial charge in [-0.05, 0) is 52.3 Å². The molecule has 3 rings (SSSR count). The van der Waals surface area contributed by atoms with Crippen molar-refractivity contribution in [3.8, 4) is 11.3 Å². The van der Waals surface area contributed by atoms with E-state index in [1.807, 2.05) is 0 Å². The molecule has 0 bridgehead atoms. The van der Waals surface area contributed by atoms with Gasteiger partial charge in [0, 0.05) is 15.4 Å². The molecule has 0 saturated carbocycles. The van der Waals surface area contributed by atoms with E-state index in [2.05, 4.69) is 26.2 Å². The number of anilines is 1. The van der Waals surface area contributed by atoms with Gasteiger partial charge in [0.05, 0.1) is 11.3 Å². The van der Waals surface area contributed by atoms with E-state index >= 15 is 0 Å². The second-order valence-corrected chi connectivity index (χ2v) is 6.46. The summed E-state index contributed by atoms with van der Waals surface area (Å²) in [6, 6.07) is 7.18. The van der Waals surface area contributed by atoms with E-state index < -0.39 is 23.4 Å². The molecule has 0 aliphatic rings. The summed E-state index contributed by atoms with van der Waals surface area (Å²) in [7, 11) is 0. The molecule has 0 spiro atoms. The van der Waals surface area contributed by atoms with Gasteiger partial charge in [0.2, 0.25) is 0 Å². The van der Waals surface area contributed by atoms with Crippen molar-refractivity contribution in [3.63, 3.8) is 0 Å². The average molecular weight is 413 g/mol. The Kier molecular flexibility index (Phi) is 4.68. The molecular weight excluding hydrogens is 405 g/mol. The fraction of sp³-hybridized carbons (Fsp3) is 0. The summed E-state index contributed by atoms with van der Waals surface area (Å²) in [4.78, 5) is 16.3. The monoisotopic (exact) mass is 412 g/mol. The number of halogens is 4. The summed E-state index contributed by atoms with van der Waals surface area (Å²) >= 11 is 4.30. The first-order valence-corrected chi connectivity index (χ1v) is 8.28. The van der Waals surface area contributed by atoms with Gasteiger partial charge in [-0.15, -0.1) is 11.3 Å². The number of carbonyl (C=O) groups is 1. The molecule has 8 heteroatoms. The zero-order valence-corrected chi connectivity index (χ0v) is 14.2. The highest BCUT2D eigenvalue weighted by molar-refractivity contribution is 9.10. The molecule has 0 unspecified atom stereocenters. The Labute approximate surface area is 147 Å². The van der Waals surface area contributed by atoms with Crippen LogP contribution in [-0.2, 0) is 0 Å². The molecular formula is C16H8BrF3N2OS. The number of thiazole rings is 1. The number of amides is 1. The zero-order chi connectivity index (χ0) is 17.3. The lowest BCUT2D eigenvalue weighted by molar-refractivity contribution is 0.102. The number of carbonyl (C=O) groups excluding carboxylic acids is 1. The average Bonchev–Trinajstić information content (AvgIpc) is 3.00. The van der Waals surface area contributed by atoms with Gasteiger partial charge in [-0.1, -0.05) is 0 Å². The Morgan fingerprint density at radius 2 is 1.88 bits per heavy atom. The maximum Gasteiger partial charge on any atom is 0.258 e. The molecule has 0 aliphatic carbocycles. The Bertz CT molecular complexity index is 929. The Hall–Kier alpha value is -2.19. The lowest BCUT2D eigenvalue weighted by Crippen LogP contribution is -2.12. The quantitative estimate of drug-likeness (QED) is 0.638. The molecule has 24 heavy (non-hydrogen) atoms. The topological polar surface area (TPSA) is 42.0 Å². The number of hydrogen-bond acceptors (Lipinski definition) is 3. The Morgan fingerprint density at radius 3 is 2.62 bits per heavy atom. The van der Waals surface area contributed by atoms with Crippen molar-refractivity contribution < 1.29 is 18.0 Å². The highest BCUT2D eigenvalue weighted by atomic mass is 79.9. The molecule has 0 fully saturated rings. The standard InChI is InChI=1S/C16H8BrF3N2OS/c17-11-3-2-9(18)6-10(11)15(23)22-16-21-14(7-24-16)8-1-4-12(19)13(20)5-8/h1-7H,(H,21,22,23). The van der Waals surface area contributed by atoms with E-state index in [1.165, 1.54) is 18.2 Å². The molecule has 122 valence electrons. The van der Waals surface area contributed by atoms with Crippen LogP contribution in [0.3, 0.4) is 0 Å². The highest BCUT2D eigenvalue weighted by Crippen LogP contribution is 2.27. The van der Waals surface area contributed by atoms with Crippen LogP contribution in [0.1, 0.15) is 10.4 Å². The van der Waals surface area contributed by atoms with E-state index in [4.69, 9.17) is 0 Å². The lowest BCUT2D eigenvalue weighted by atomic mass is 10.2. The van der Waals surface area contributed by atoms with Crippen molar-refractivity contribution in [2.45, 2.75) is 0 Å². The van der Waals surface area contributed by atoms with Gasteiger partial charge in [-0.2, -0.15) is 0 Å². The highest BCUT2D eigenvalue weighted by Gasteiger charge is 2.14. The second kappa shape index (κ2) is 6.74. The molecule has 1 aromatic heterocycles. The van der Waals surface area contributed by atoms with Gasteiger partial charge in [-0.3, -0.25) is 10.1 Å². The second-order valence-electron chi connectivity index (χ2n) is 4.75. The summed E-state index contributed by atoms with van der Waals surface area (Å²) < 4.78 is 39.9. The first-order chi connectivity index (χ1) is 11.4. The third-order valence-corrected chi connectivity index (χ3v) is 4.56. The van der Waals surface area contributed by atoms with Crippen molar-refractivity contribution >= 4 is 38.3 Å². The maximum atomic E-state index is 13.3. The van der Waals surface area contributed by atoms with Crippen LogP contribution in [-0.4, -0.2) is 10.9 Å². The first-order valence-electron chi connectivity index (χ1n) is 6.61. The number of nitrogens with one attached hydrogen (secondary N) is 1. The molecule has 1 heterocycles. The Balaban J connectivity index is 1.82. The predicted molar refractivity (Wildman–Crippen MR) is 89.5 cm³/mol. The van der Waals surface area contributed by atoms with Crippen LogP contribution in [0.25, 0.3) is 11.3 Å². The third kappa shape index (κ3) is 3.49. The van der Waals surface area contributed by atoms with Crippen molar-refractivity contribution in [1.29, 1.82) is 0 Å². The van der Waals surface area contributed by atoms with Crippen LogP contribution in [0.15, 0.2) is 46.3 Å². The summed E-state index contributed by atoms with van der Waals surface area (Å²) in [5.74, 6) is -2.99. The minimum atomic E-state index is -0.977. The fourth-order valence-electron chi connectivity index (χ4n) is 1.96. The SMILES string of the molecule is O=C(Nc1nc(-c2ccc(F)c(F)c2)cs1)c1cc(F)ccc1Br. The van der Waals surface area contributed by atoms with Crippen LogP contribution in [0.4, 0.5) is 18.3 Å². The normalized spacial score (nSPS) is 10.7. The first kappa shape index (κ1) is 16.7. The van der Waals surface area contributed by atoms with Gasteiger partial charge in [0.1, 0.15) is 5.82 Å². The molecule has 1 amide bonds. The van der Waals surface area contributed by atoms with E-state index in [9.17, 15) is 18.0 Å². The smallest absolute Gasteiger partial charge is 0.258 e. The summed E-state index contributed by atoms with van der Waals surface area (Å²) in [5, 5.41) is 4.41. The van der Waals surface area contributed by atoms with Crippen molar-refractivity contribution in [3.05, 3.63) is 69.3 Å². The van der Waals surface area contributed by atoms with Crippen molar-refractivity contribution in [1.82, 2.24) is 4.98 Å². The fourth-order valence-corrected chi connectivity index (χ4v) is 3.10. The van der Waals surface area contributed by atoms with E-state index in [0.717, 1.165) is 29.5 Å². The van der Waals surface area contributed by atoms with E-state index in [0.29, 0.717) is 15.7 Å². The van der Waals surface area contributed by atoms with E-state index in [1.54, 1.807) is 5.38 Å². The minimum absolute atomic E-state index is 0.125. The van der Waals surface area contributed by atoms with Gasteiger partial charge in [-0.25, -0.2) is 18.2 Å². The van der Waals surface area contributed by atoms with Gasteiger partial charge < -0.3 is 0 Å². The van der Waals surface area contributed by atoms with Crippen LogP contribution < -0.4 is 5.32 Å². The largest absolute Gasteiger partial charge is 0.298 e. The summed E-state index contributed by atoms with van der Waals surface area (Å²) in [6.07, 6.45) is 0. The van der Waals surface area contributed by atoms with Gasteiger partial charge in [0.15, 0.2) is 16.8 Å². The number of benzene rings is 2. The molecule has 0 saturated heterocycles. The molecule has 0 aliphatic heterocycles. The molecule has 0 atom stereocenters. The van der Waals surface area contributed by atoms with E-state index in [-0.39, 0.29) is 10.7 Å². The molecule has 2 aromatic carbocycles. The van der Waals surface area contributed by atoms with Crippen molar-refractivity contribution in [2.75, 3.05) is 5.32 Å². The zero-order valence-electron chi connectivity index (χ0n) is 11.8. The molecule has 3 nitrogen and oxygen atoms in total. The molecule has 1 N–H and O–H groups in total. The number of aromatic nitrogens is 1. The summed E-state index contributed by atoms with van der Waals surface area (Å²) in [6.45, 7) is 0. The van der Waals surface area contributed by atoms with Crippen LogP contribution >= 0.6 is 27.3 Å². The lowest BCUT2D eigenvalue weighted by Gasteiger charge is -2.04. The number of nitrogens with zero attached hydrogens (tertiary/aromatic N) is 1. The molecule has 3 aromatic rings. The van der Waals surface area contributed by atoms with Gasteiger partial charge >= 0.3 is 0 Å². The predicted octanol–water partition coefficient (Wildman–Crippen LogP) is 5.24.